The number of ether oxygens (including phenoxy) is 4. The van der Waals surface area contributed by atoms with Crippen LogP contribution in [-0.2, 0) is 25.5 Å². The average Bonchev–Trinajstić information content (AvgIpc) is 2.72. The Labute approximate surface area is 165 Å². The van der Waals surface area contributed by atoms with Gasteiger partial charge in [-0.1, -0.05) is 48.5 Å². The van der Waals surface area contributed by atoms with E-state index in [0.29, 0.717) is 13.2 Å². The zero-order chi connectivity index (χ0) is 19.3. The molecule has 148 valence electrons. The highest BCUT2D eigenvalue weighted by Crippen LogP contribution is 2.27. The third-order valence-corrected chi connectivity index (χ3v) is 4.83. The summed E-state index contributed by atoms with van der Waals surface area (Å²) in [6.45, 7) is 4.92. The summed E-state index contributed by atoms with van der Waals surface area (Å²) in [5.74, 6) is 0. The average molecular weight is 382 g/mol. The van der Waals surface area contributed by atoms with E-state index in [1.807, 2.05) is 73.6 Å². The van der Waals surface area contributed by atoms with Gasteiger partial charge in [-0.3, -0.25) is 5.01 Å². The fourth-order valence-electron chi connectivity index (χ4n) is 3.48. The monoisotopic (exact) mass is 382 g/mol. The predicted molar refractivity (Wildman–Crippen MR) is 107 cm³/mol. The number of hydrogen-bond acceptors (Lipinski definition) is 6. The van der Waals surface area contributed by atoms with Gasteiger partial charge in [0.1, 0.15) is 18.3 Å². The van der Waals surface area contributed by atoms with E-state index in [1.54, 1.807) is 0 Å². The third-order valence-electron chi connectivity index (χ3n) is 4.83. The number of rotatable bonds is 5. The summed E-state index contributed by atoms with van der Waals surface area (Å²) in [6.07, 6.45) is 0.505. The van der Waals surface area contributed by atoms with Gasteiger partial charge in [-0.2, -0.15) is 5.10 Å². The van der Waals surface area contributed by atoms with Gasteiger partial charge in [0.2, 0.25) is 0 Å². The second-order valence-electron chi connectivity index (χ2n) is 6.99. The van der Waals surface area contributed by atoms with E-state index < -0.39 is 0 Å². The van der Waals surface area contributed by atoms with E-state index in [9.17, 15) is 0 Å². The van der Waals surface area contributed by atoms with Gasteiger partial charge >= 0.3 is 0 Å². The lowest BCUT2D eigenvalue weighted by atomic mass is 10.1. The number of anilines is 1. The van der Waals surface area contributed by atoms with Gasteiger partial charge in [-0.15, -0.1) is 0 Å². The topological polar surface area (TPSA) is 52.5 Å². The molecule has 0 spiro atoms. The molecule has 5 atom stereocenters. The van der Waals surface area contributed by atoms with Crippen LogP contribution in [0.3, 0.4) is 0 Å². The molecule has 0 aromatic heterocycles. The molecule has 28 heavy (non-hydrogen) atoms. The number of benzene rings is 2. The van der Waals surface area contributed by atoms with Gasteiger partial charge < -0.3 is 18.9 Å². The molecular weight excluding hydrogens is 356 g/mol. The molecule has 4 rings (SSSR count). The molecule has 2 saturated heterocycles. The van der Waals surface area contributed by atoms with Crippen LogP contribution in [0.4, 0.5) is 5.69 Å². The Kier molecular flexibility index (Phi) is 6.02. The van der Waals surface area contributed by atoms with Crippen LogP contribution in [0.5, 0.6) is 0 Å². The second kappa shape index (κ2) is 8.84. The molecule has 0 amide bonds. The van der Waals surface area contributed by atoms with E-state index in [-0.39, 0.29) is 30.9 Å². The molecule has 6 heteroatoms. The first-order chi connectivity index (χ1) is 13.7. The van der Waals surface area contributed by atoms with Crippen molar-refractivity contribution >= 4 is 11.9 Å². The van der Waals surface area contributed by atoms with Crippen LogP contribution in [0.2, 0.25) is 0 Å². The number of nitrogens with zero attached hydrogens (tertiary/aromatic N) is 2. The minimum atomic E-state index is -0.336. The second-order valence-corrected chi connectivity index (χ2v) is 6.99. The molecule has 6 nitrogen and oxygen atoms in total. The Hall–Kier alpha value is -2.25. The maximum absolute atomic E-state index is 5.96. The molecule has 0 radical (unpaired) electrons. The number of hydrazone groups is 1. The first kappa shape index (κ1) is 19.1. The fraction of sp³-hybridized carbons (Fsp3) is 0.409. The molecule has 0 bridgehead atoms. The van der Waals surface area contributed by atoms with Gasteiger partial charge in [0.15, 0.2) is 12.6 Å². The van der Waals surface area contributed by atoms with E-state index in [2.05, 4.69) is 12.1 Å². The summed E-state index contributed by atoms with van der Waals surface area (Å²) in [7, 11) is 0. The lowest BCUT2D eigenvalue weighted by molar-refractivity contribution is -0.338. The van der Waals surface area contributed by atoms with E-state index in [1.165, 1.54) is 5.56 Å². The normalized spacial score (nSPS) is 30.1. The molecule has 0 N–H and O–H groups in total. The maximum atomic E-state index is 5.96. The number of fused-ring (bicyclic) bond motifs is 1. The van der Waals surface area contributed by atoms with Gasteiger partial charge in [-0.05, 0) is 31.5 Å². The molecule has 2 fully saturated rings. The van der Waals surface area contributed by atoms with Crippen molar-refractivity contribution in [3.8, 4) is 0 Å². The molecule has 2 aromatic rings. The van der Waals surface area contributed by atoms with Crippen LogP contribution >= 0.6 is 0 Å². The van der Waals surface area contributed by atoms with Gasteiger partial charge in [0, 0.05) is 0 Å². The van der Waals surface area contributed by atoms with E-state index in [0.717, 1.165) is 5.69 Å². The first-order valence-corrected chi connectivity index (χ1v) is 9.67. The van der Waals surface area contributed by atoms with Crippen molar-refractivity contribution in [1.29, 1.82) is 0 Å². The smallest absolute Gasteiger partial charge is 0.156 e. The quantitative estimate of drug-likeness (QED) is 0.585. The zero-order valence-corrected chi connectivity index (χ0v) is 16.2. The van der Waals surface area contributed by atoms with Crippen LogP contribution in [0, 0.1) is 0 Å². The largest absolute Gasteiger partial charge is 0.350 e. The SMILES string of the molecule is CC1OC(/C=N/N(Cc2ccccc2)c2ccccc2)C2OC(C)OCC2O1. The first-order valence-electron chi connectivity index (χ1n) is 9.67. The van der Waals surface area contributed by atoms with E-state index >= 15 is 0 Å². The predicted octanol–water partition coefficient (Wildman–Crippen LogP) is 3.57. The minimum absolute atomic E-state index is 0.157. The Morgan fingerprint density at radius 1 is 0.929 bits per heavy atom. The summed E-state index contributed by atoms with van der Waals surface area (Å²) < 4.78 is 23.3. The van der Waals surface area contributed by atoms with E-state index in [4.69, 9.17) is 24.0 Å². The maximum Gasteiger partial charge on any atom is 0.156 e. The Morgan fingerprint density at radius 3 is 2.39 bits per heavy atom. The summed E-state index contributed by atoms with van der Waals surface area (Å²) in [4.78, 5) is 0. The Morgan fingerprint density at radius 2 is 1.64 bits per heavy atom. The summed E-state index contributed by atoms with van der Waals surface area (Å²) >= 11 is 0. The molecule has 2 aliphatic heterocycles. The van der Waals surface area contributed by atoms with Crippen molar-refractivity contribution in [1.82, 2.24) is 0 Å². The third kappa shape index (κ3) is 4.59. The van der Waals surface area contributed by atoms with Gasteiger partial charge in [-0.25, -0.2) is 0 Å². The molecular formula is C22H26N2O4. The number of para-hydroxylation sites is 1. The minimum Gasteiger partial charge on any atom is -0.350 e. The molecule has 5 unspecified atom stereocenters. The molecule has 0 aliphatic carbocycles. The van der Waals surface area contributed by atoms with Gasteiger partial charge in [0.05, 0.1) is 25.1 Å². The van der Waals surface area contributed by atoms with Crippen LogP contribution in [-0.4, -0.2) is 43.7 Å². The van der Waals surface area contributed by atoms with Crippen LogP contribution < -0.4 is 5.01 Å². The summed E-state index contributed by atoms with van der Waals surface area (Å²) in [5.41, 5.74) is 2.19. The Bertz CT molecular complexity index is 771. The number of hydrogen-bond donors (Lipinski definition) is 0. The van der Waals surface area contributed by atoms with Crippen molar-refractivity contribution in [2.75, 3.05) is 11.6 Å². The molecule has 2 heterocycles. The molecule has 2 aliphatic rings. The fourth-order valence-corrected chi connectivity index (χ4v) is 3.48. The lowest BCUT2D eigenvalue weighted by Gasteiger charge is -2.43. The van der Waals surface area contributed by atoms with Crippen LogP contribution in [0.25, 0.3) is 0 Å². The molecule has 2 aromatic carbocycles. The lowest BCUT2D eigenvalue weighted by Crippen LogP contribution is -2.57. The van der Waals surface area contributed by atoms with Gasteiger partial charge in [0.25, 0.3) is 0 Å². The highest BCUT2D eigenvalue weighted by atomic mass is 16.8. The summed E-state index contributed by atoms with van der Waals surface area (Å²) in [5, 5.41) is 6.74. The van der Waals surface area contributed by atoms with Crippen molar-refractivity contribution < 1.29 is 18.9 Å². The van der Waals surface area contributed by atoms with Crippen LogP contribution in [0.15, 0.2) is 65.8 Å². The molecule has 0 saturated carbocycles. The summed E-state index contributed by atoms with van der Waals surface area (Å²) in [6, 6.07) is 20.4. The highest BCUT2D eigenvalue weighted by Gasteiger charge is 2.42. The zero-order valence-electron chi connectivity index (χ0n) is 16.2. The standard InChI is InChI=1S/C22H26N2O4/c1-16-25-15-21-22(28-16)20(26-17(2)27-21)13-23-24(19-11-7-4-8-12-19)14-18-9-5-3-6-10-18/h3-13,16-17,20-22H,14-15H2,1-2H3/b23-13+. The highest BCUT2D eigenvalue weighted by molar-refractivity contribution is 5.66. The van der Waals surface area contributed by atoms with Crippen molar-refractivity contribution in [2.45, 2.75) is 51.3 Å². The van der Waals surface area contributed by atoms with Crippen molar-refractivity contribution in [2.24, 2.45) is 5.10 Å². The van der Waals surface area contributed by atoms with Crippen molar-refractivity contribution in [3.63, 3.8) is 0 Å². The van der Waals surface area contributed by atoms with Crippen LogP contribution in [0.1, 0.15) is 19.4 Å². The van der Waals surface area contributed by atoms with Crippen molar-refractivity contribution in [3.05, 3.63) is 66.2 Å². The Balaban J connectivity index is 1.55.